The summed E-state index contributed by atoms with van der Waals surface area (Å²) < 4.78 is 42.4. The van der Waals surface area contributed by atoms with Gasteiger partial charge in [0.2, 0.25) is 0 Å². The lowest BCUT2D eigenvalue weighted by molar-refractivity contribution is -0.150. The predicted molar refractivity (Wildman–Crippen MR) is 77.5 cm³/mol. The molecule has 1 saturated heterocycles. The van der Waals surface area contributed by atoms with E-state index in [1.54, 1.807) is 7.11 Å². The van der Waals surface area contributed by atoms with Crippen molar-refractivity contribution < 1.29 is 17.9 Å². The minimum Gasteiger partial charge on any atom is -0.383 e. The van der Waals surface area contributed by atoms with E-state index in [0.717, 1.165) is 6.54 Å². The van der Waals surface area contributed by atoms with Gasteiger partial charge in [-0.2, -0.15) is 13.2 Å². The predicted octanol–water partition coefficient (Wildman–Crippen LogP) is 1.57. The van der Waals surface area contributed by atoms with Crippen LogP contribution in [0.3, 0.4) is 0 Å². The number of hydrogen-bond donors (Lipinski definition) is 1. The van der Waals surface area contributed by atoms with Gasteiger partial charge in [0.25, 0.3) is 0 Å². The van der Waals surface area contributed by atoms with Crippen LogP contribution >= 0.6 is 0 Å². The molecule has 1 fully saturated rings. The molecule has 1 aliphatic heterocycles. The third kappa shape index (κ3) is 7.99. The number of hydrogen-bond acceptors (Lipinski definition) is 4. The lowest BCUT2D eigenvalue weighted by atomic mass is 10.1. The first kappa shape index (κ1) is 18.7. The van der Waals surface area contributed by atoms with Gasteiger partial charge in [0.05, 0.1) is 13.2 Å². The Balaban J connectivity index is 2.44. The Morgan fingerprint density at radius 3 is 2.10 bits per heavy atom. The number of ether oxygens (including phenoxy) is 1. The van der Waals surface area contributed by atoms with E-state index in [9.17, 15) is 13.2 Å². The van der Waals surface area contributed by atoms with Crippen molar-refractivity contribution in [1.29, 1.82) is 0 Å². The van der Waals surface area contributed by atoms with Gasteiger partial charge < -0.3 is 10.1 Å². The number of alkyl halides is 3. The van der Waals surface area contributed by atoms with Crippen molar-refractivity contribution in [1.82, 2.24) is 15.1 Å². The molecule has 0 aromatic heterocycles. The van der Waals surface area contributed by atoms with E-state index in [2.05, 4.69) is 31.0 Å². The zero-order valence-corrected chi connectivity index (χ0v) is 13.5. The second kappa shape index (κ2) is 7.76. The highest BCUT2D eigenvalue weighted by Crippen LogP contribution is 2.18. The molecule has 0 saturated carbocycles. The van der Waals surface area contributed by atoms with Gasteiger partial charge in [0.1, 0.15) is 0 Å². The topological polar surface area (TPSA) is 27.7 Å². The van der Waals surface area contributed by atoms with Gasteiger partial charge in [-0.05, 0) is 20.8 Å². The molecule has 7 heteroatoms. The second-order valence-corrected chi connectivity index (χ2v) is 6.67. The summed E-state index contributed by atoms with van der Waals surface area (Å²) in [5, 5.41) is 3.44. The van der Waals surface area contributed by atoms with Gasteiger partial charge in [-0.1, -0.05) is 0 Å². The first-order chi connectivity index (χ1) is 9.61. The van der Waals surface area contributed by atoms with Crippen molar-refractivity contribution in [2.24, 2.45) is 0 Å². The molecule has 1 atom stereocenters. The third-order valence-corrected chi connectivity index (χ3v) is 3.55. The molecule has 21 heavy (non-hydrogen) atoms. The van der Waals surface area contributed by atoms with Crippen LogP contribution in [0.1, 0.15) is 20.8 Å². The van der Waals surface area contributed by atoms with E-state index >= 15 is 0 Å². The van der Waals surface area contributed by atoms with Crippen molar-refractivity contribution in [2.75, 3.05) is 53.0 Å². The van der Waals surface area contributed by atoms with Crippen molar-refractivity contribution in [3.8, 4) is 0 Å². The summed E-state index contributed by atoms with van der Waals surface area (Å²) >= 11 is 0. The Morgan fingerprint density at radius 1 is 1.10 bits per heavy atom. The summed E-state index contributed by atoms with van der Waals surface area (Å²) in [6, 6.07) is 0.197. The number of piperazine rings is 1. The van der Waals surface area contributed by atoms with Crippen molar-refractivity contribution in [3.05, 3.63) is 0 Å². The van der Waals surface area contributed by atoms with Crippen LogP contribution in [0.4, 0.5) is 13.2 Å². The Bertz CT molecular complexity index is 297. The molecule has 0 aliphatic carbocycles. The van der Waals surface area contributed by atoms with E-state index in [0.29, 0.717) is 32.8 Å². The normalized spacial score (nSPS) is 20.7. The smallest absolute Gasteiger partial charge is 0.383 e. The number of nitrogens with zero attached hydrogens (tertiary/aromatic N) is 2. The molecule has 0 aromatic carbocycles. The van der Waals surface area contributed by atoms with Crippen LogP contribution in [0.25, 0.3) is 0 Å². The van der Waals surface area contributed by atoms with E-state index in [1.807, 2.05) is 0 Å². The van der Waals surface area contributed by atoms with Gasteiger partial charge >= 0.3 is 6.18 Å². The Labute approximate surface area is 125 Å². The standard InChI is InChI=1S/C14H28F3N3O/c1-13(2,3)18-9-12(10-21-4)20-7-5-19(6-8-20)11-14(15,16)17/h12,18H,5-11H2,1-4H3. The van der Waals surface area contributed by atoms with Crippen LogP contribution < -0.4 is 5.32 Å². The molecule has 1 N–H and O–H groups in total. The molecular weight excluding hydrogens is 283 g/mol. The Hall–Kier alpha value is -0.370. The quantitative estimate of drug-likeness (QED) is 0.806. The maximum absolute atomic E-state index is 12.4. The molecule has 0 amide bonds. The van der Waals surface area contributed by atoms with E-state index < -0.39 is 12.7 Å². The van der Waals surface area contributed by atoms with Gasteiger partial charge in [-0.15, -0.1) is 0 Å². The lowest BCUT2D eigenvalue weighted by Crippen LogP contribution is -2.56. The molecule has 0 bridgehead atoms. The fourth-order valence-electron chi connectivity index (χ4n) is 2.45. The van der Waals surface area contributed by atoms with Gasteiger partial charge in [-0.3, -0.25) is 9.80 Å². The molecule has 1 unspecified atom stereocenters. The van der Waals surface area contributed by atoms with Crippen LogP contribution in [0.5, 0.6) is 0 Å². The fourth-order valence-corrected chi connectivity index (χ4v) is 2.45. The average molecular weight is 311 g/mol. The molecule has 0 spiro atoms. The average Bonchev–Trinajstić information content (AvgIpc) is 2.32. The monoisotopic (exact) mass is 311 g/mol. The summed E-state index contributed by atoms with van der Waals surface area (Å²) in [6.45, 7) is 9.04. The largest absolute Gasteiger partial charge is 0.401 e. The zero-order chi connectivity index (χ0) is 16.1. The molecule has 0 radical (unpaired) electrons. The Morgan fingerprint density at radius 2 is 1.67 bits per heavy atom. The minimum absolute atomic E-state index is 0.0180. The first-order valence-electron chi connectivity index (χ1n) is 7.38. The summed E-state index contributed by atoms with van der Waals surface area (Å²) in [5.74, 6) is 0. The van der Waals surface area contributed by atoms with E-state index in [-0.39, 0.29) is 11.6 Å². The summed E-state index contributed by atoms with van der Waals surface area (Å²) in [7, 11) is 1.66. The molecule has 1 heterocycles. The molecule has 0 aromatic rings. The molecule has 1 rings (SSSR count). The van der Waals surface area contributed by atoms with Gasteiger partial charge in [-0.25, -0.2) is 0 Å². The highest BCUT2D eigenvalue weighted by atomic mass is 19.4. The van der Waals surface area contributed by atoms with Gasteiger partial charge in [0, 0.05) is 51.4 Å². The lowest BCUT2D eigenvalue weighted by Gasteiger charge is -2.40. The second-order valence-electron chi connectivity index (χ2n) is 6.67. The van der Waals surface area contributed by atoms with Crippen LogP contribution in [0.2, 0.25) is 0 Å². The van der Waals surface area contributed by atoms with Crippen LogP contribution in [-0.2, 0) is 4.74 Å². The number of nitrogens with one attached hydrogen (secondary N) is 1. The maximum Gasteiger partial charge on any atom is 0.401 e. The fraction of sp³-hybridized carbons (Fsp3) is 1.00. The third-order valence-electron chi connectivity index (χ3n) is 3.55. The van der Waals surface area contributed by atoms with E-state index in [1.165, 1.54) is 4.90 Å². The van der Waals surface area contributed by atoms with Crippen molar-refractivity contribution in [3.63, 3.8) is 0 Å². The molecular formula is C14H28F3N3O. The first-order valence-corrected chi connectivity index (χ1v) is 7.38. The molecule has 4 nitrogen and oxygen atoms in total. The van der Waals surface area contributed by atoms with Crippen molar-refractivity contribution in [2.45, 2.75) is 38.5 Å². The molecule has 1 aliphatic rings. The highest BCUT2D eigenvalue weighted by Gasteiger charge is 2.33. The number of halogens is 3. The molecule has 126 valence electrons. The number of methoxy groups -OCH3 is 1. The highest BCUT2D eigenvalue weighted by molar-refractivity contribution is 4.83. The Kier molecular flexibility index (Phi) is 6.90. The minimum atomic E-state index is -4.11. The number of rotatable bonds is 6. The maximum atomic E-state index is 12.4. The van der Waals surface area contributed by atoms with E-state index in [4.69, 9.17) is 4.74 Å². The SMILES string of the molecule is COCC(CNC(C)(C)C)N1CCN(CC(F)(F)F)CC1. The van der Waals surface area contributed by atoms with Crippen molar-refractivity contribution >= 4 is 0 Å². The summed E-state index contributed by atoms with van der Waals surface area (Å²) in [6.07, 6.45) is -4.11. The summed E-state index contributed by atoms with van der Waals surface area (Å²) in [4.78, 5) is 3.69. The van der Waals surface area contributed by atoms with Crippen LogP contribution in [0.15, 0.2) is 0 Å². The van der Waals surface area contributed by atoms with Crippen LogP contribution in [-0.4, -0.2) is 80.5 Å². The van der Waals surface area contributed by atoms with Crippen LogP contribution in [0, 0.1) is 0 Å². The zero-order valence-electron chi connectivity index (χ0n) is 13.5. The summed E-state index contributed by atoms with van der Waals surface area (Å²) in [5.41, 5.74) is 0.0180. The van der Waals surface area contributed by atoms with Gasteiger partial charge in [0.15, 0.2) is 0 Å².